The lowest BCUT2D eigenvalue weighted by atomic mass is 9.97. The smallest absolute Gasteiger partial charge is 0.257 e. The molecule has 6 nitrogen and oxygen atoms in total. The normalized spacial score (nSPS) is 14.8. The van der Waals surface area contributed by atoms with Crippen LogP contribution in [0, 0.1) is 0 Å². The second-order valence-electron chi connectivity index (χ2n) is 6.97. The van der Waals surface area contributed by atoms with E-state index in [-0.39, 0.29) is 5.91 Å². The maximum Gasteiger partial charge on any atom is 0.257 e. The number of ether oxygens (including phenoxy) is 3. The average molecular weight is 413 g/mol. The molecule has 0 N–H and O–H groups in total. The Balaban J connectivity index is 1.50. The Hall–Kier alpha value is -2.80. The second-order valence-corrected chi connectivity index (χ2v) is 8.03. The van der Waals surface area contributed by atoms with Gasteiger partial charge in [-0.2, -0.15) is 0 Å². The number of nitrogens with zero attached hydrogens (tertiary/aromatic N) is 2. The molecule has 0 bridgehead atoms. The van der Waals surface area contributed by atoms with E-state index in [0.29, 0.717) is 41.8 Å². The minimum absolute atomic E-state index is 0.0504. The topological polar surface area (TPSA) is 60.9 Å². The number of carbonyl (C=O) groups excluding carboxylic acids is 1. The standard InChI is InChI=1S/C22H24N2O4S/c1-26-17-9-8-15(19(27-2)20(17)28-3)22(25)24-12-10-14(11-13-24)21-23-16-6-4-5-7-18(16)29-21/h4-9,14H,10-13H2,1-3H3. The number of carbonyl (C=O) groups is 1. The van der Waals surface area contributed by atoms with Gasteiger partial charge in [-0.25, -0.2) is 4.98 Å². The number of thiazole rings is 1. The van der Waals surface area contributed by atoms with Crippen molar-refractivity contribution in [1.29, 1.82) is 0 Å². The van der Waals surface area contributed by atoms with E-state index < -0.39 is 0 Å². The highest BCUT2D eigenvalue weighted by molar-refractivity contribution is 7.18. The minimum atomic E-state index is -0.0504. The zero-order valence-electron chi connectivity index (χ0n) is 16.8. The molecule has 152 valence electrons. The largest absolute Gasteiger partial charge is 0.493 e. The Kier molecular flexibility index (Phi) is 5.58. The fraction of sp³-hybridized carbons (Fsp3) is 0.364. The highest BCUT2D eigenvalue weighted by Crippen LogP contribution is 2.41. The molecule has 0 radical (unpaired) electrons. The first kappa shape index (κ1) is 19.5. The number of hydrogen-bond acceptors (Lipinski definition) is 6. The van der Waals surface area contributed by atoms with Crippen molar-refractivity contribution >= 4 is 27.5 Å². The van der Waals surface area contributed by atoms with Gasteiger partial charge in [0.15, 0.2) is 11.5 Å². The van der Waals surface area contributed by atoms with Gasteiger partial charge in [0.2, 0.25) is 5.75 Å². The second kappa shape index (κ2) is 8.29. The van der Waals surface area contributed by atoms with Crippen LogP contribution in [0.15, 0.2) is 36.4 Å². The summed E-state index contributed by atoms with van der Waals surface area (Å²) in [4.78, 5) is 19.8. The summed E-state index contributed by atoms with van der Waals surface area (Å²) in [5, 5.41) is 1.17. The van der Waals surface area contributed by atoms with Crippen LogP contribution in [0.5, 0.6) is 17.2 Å². The third-order valence-corrected chi connectivity index (χ3v) is 6.58. The van der Waals surface area contributed by atoms with E-state index in [1.54, 1.807) is 30.6 Å². The average Bonchev–Trinajstić information content (AvgIpc) is 3.21. The molecule has 0 atom stereocenters. The SMILES string of the molecule is COc1ccc(C(=O)N2CCC(c3nc4ccccc4s3)CC2)c(OC)c1OC. The third-order valence-electron chi connectivity index (χ3n) is 5.38. The lowest BCUT2D eigenvalue weighted by Gasteiger charge is -2.31. The Bertz CT molecular complexity index is 992. The van der Waals surface area contributed by atoms with E-state index in [9.17, 15) is 4.79 Å². The molecule has 3 aromatic rings. The molecule has 1 fully saturated rings. The fourth-order valence-corrected chi connectivity index (χ4v) is 4.97. The van der Waals surface area contributed by atoms with Crippen LogP contribution in [0.25, 0.3) is 10.2 Å². The Morgan fingerprint density at radius 1 is 1.00 bits per heavy atom. The van der Waals surface area contributed by atoms with Gasteiger partial charge in [-0.15, -0.1) is 11.3 Å². The van der Waals surface area contributed by atoms with Gasteiger partial charge in [-0.1, -0.05) is 12.1 Å². The Labute approximate surface area is 174 Å². The van der Waals surface area contributed by atoms with Crippen LogP contribution in [-0.4, -0.2) is 50.2 Å². The maximum absolute atomic E-state index is 13.2. The monoisotopic (exact) mass is 412 g/mol. The summed E-state index contributed by atoms with van der Waals surface area (Å²) in [5.41, 5.74) is 1.55. The number of benzene rings is 2. The number of fused-ring (bicyclic) bond motifs is 1. The summed E-state index contributed by atoms with van der Waals surface area (Å²) in [6.45, 7) is 1.38. The number of rotatable bonds is 5. The molecule has 29 heavy (non-hydrogen) atoms. The van der Waals surface area contributed by atoms with Crippen molar-refractivity contribution in [3.05, 3.63) is 47.0 Å². The molecule has 1 aliphatic heterocycles. The molecule has 7 heteroatoms. The lowest BCUT2D eigenvalue weighted by Crippen LogP contribution is -2.38. The van der Waals surface area contributed by atoms with Gasteiger partial charge in [0.1, 0.15) is 0 Å². The van der Waals surface area contributed by atoms with E-state index in [0.717, 1.165) is 18.4 Å². The predicted octanol–water partition coefficient (Wildman–Crippen LogP) is 4.34. The first-order valence-corrected chi connectivity index (χ1v) is 10.4. The molecule has 2 heterocycles. The van der Waals surface area contributed by atoms with Gasteiger partial charge >= 0.3 is 0 Å². The molecule has 1 amide bonds. The zero-order chi connectivity index (χ0) is 20.4. The van der Waals surface area contributed by atoms with Crippen molar-refractivity contribution in [2.75, 3.05) is 34.4 Å². The number of aromatic nitrogens is 1. The van der Waals surface area contributed by atoms with Gasteiger partial charge < -0.3 is 19.1 Å². The highest BCUT2D eigenvalue weighted by atomic mass is 32.1. The molecule has 1 aliphatic rings. The van der Waals surface area contributed by atoms with E-state index in [1.807, 2.05) is 17.0 Å². The highest BCUT2D eigenvalue weighted by Gasteiger charge is 2.29. The zero-order valence-corrected chi connectivity index (χ0v) is 17.6. The summed E-state index contributed by atoms with van der Waals surface area (Å²) in [6, 6.07) is 11.7. The fourth-order valence-electron chi connectivity index (χ4n) is 3.83. The van der Waals surface area contributed by atoms with Gasteiger partial charge in [0, 0.05) is 19.0 Å². The van der Waals surface area contributed by atoms with Gasteiger partial charge in [-0.3, -0.25) is 4.79 Å². The van der Waals surface area contributed by atoms with Crippen molar-refractivity contribution in [2.45, 2.75) is 18.8 Å². The molecule has 0 spiro atoms. The summed E-state index contributed by atoms with van der Waals surface area (Å²) < 4.78 is 17.4. The third kappa shape index (κ3) is 3.62. The number of piperidine rings is 1. The Morgan fingerprint density at radius 2 is 1.72 bits per heavy atom. The van der Waals surface area contributed by atoms with Gasteiger partial charge in [0.25, 0.3) is 5.91 Å². The molecular formula is C22H24N2O4S. The molecule has 1 saturated heterocycles. The van der Waals surface area contributed by atoms with Crippen LogP contribution in [0.4, 0.5) is 0 Å². The summed E-state index contributed by atoms with van der Waals surface area (Å²) in [7, 11) is 4.64. The molecule has 0 saturated carbocycles. The summed E-state index contributed by atoms with van der Waals surface area (Å²) >= 11 is 1.76. The number of hydrogen-bond donors (Lipinski definition) is 0. The van der Waals surface area contributed by atoms with Crippen molar-refractivity contribution in [3.8, 4) is 17.2 Å². The minimum Gasteiger partial charge on any atom is -0.493 e. The summed E-state index contributed by atoms with van der Waals surface area (Å²) in [5.74, 6) is 1.72. The Morgan fingerprint density at radius 3 is 2.38 bits per heavy atom. The van der Waals surface area contributed by atoms with E-state index >= 15 is 0 Å². The van der Waals surface area contributed by atoms with E-state index in [1.165, 1.54) is 23.9 Å². The predicted molar refractivity (Wildman–Crippen MR) is 114 cm³/mol. The van der Waals surface area contributed by atoms with E-state index in [4.69, 9.17) is 19.2 Å². The summed E-state index contributed by atoms with van der Waals surface area (Å²) in [6.07, 6.45) is 1.81. The molecule has 4 rings (SSSR count). The number of para-hydroxylation sites is 1. The van der Waals surface area contributed by atoms with Crippen molar-refractivity contribution < 1.29 is 19.0 Å². The van der Waals surface area contributed by atoms with Crippen LogP contribution in [0.1, 0.15) is 34.1 Å². The quantitative estimate of drug-likeness (QED) is 0.624. The molecule has 0 unspecified atom stereocenters. The van der Waals surface area contributed by atoms with Crippen LogP contribution >= 0.6 is 11.3 Å². The lowest BCUT2D eigenvalue weighted by molar-refractivity contribution is 0.0709. The van der Waals surface area contributed by atoms with Crippen LogP contribution < -0.4 is 14.2 Å². The number of amides is 1. The van der Waals surface area contributed by atoms with E-state index in [2.05, 4.69) is 12.1 Å². The van der Waals surface area contributed by atoms with Crippen molar-refractivity contribution in [2.24, 2.45) is 0 Å². The first-order chi connectivity index (χ1) is 14.2. The van der Waals surface area contributed by atoms with Crippen LogP contribution in [0.3, 0.4) is 0 Å². The molecule has 1 aromatic heterocycles. The van der Waals surface area contributed by atoms with Crippen LogP contribution in [0.2, 0.25) is 0 Å². The molecule has 0 aliphatic carbocycles. The van der Waals surface area contributed by atoms with Gasteiger partial charge in [-0.05, 0) is 37.1 Å². The van der Waals surface area contributed by atoms with Crippen molar-refractivity contribution in [1.82, 2.24) is 9.88 Å². The molecule has 2 aromatic carbocycles. The van der Waals surface area contributed by atoms with Gasteiger partial charge in [0.05, 0.1) is 42.1 Å². The molecular weight excluding hydrogens is 388 g/mol. The number of methoxy groups -OCH3 is 3. The van der Waals surface area contributed by atoms with Crippen LogP contribution in [-0.2, 0) is 0 Å². The number of likely N-dealkylation sites (tertiary alicyclic amines) is 1. The maximum atomic E-state index is 13.2. The first-order valence-electron chi connectivity index (χ1n) is 9.60. The van der Waals surface area contributed by atoms with Crippen molar-refractivity contribution in [3.63, 3.8) is 0 Å².